The molecule has 6 heteroatoms. The summed E-state index contributed by atoms with van der Waals surface area (Å²) >= 11 is 0. The van der Waals surface area contributed by atoms with Crippen molar-refractivity contribution >= 4 is 5.96 Å². The van der Waals surface area contributed by atoms with Crippen molar-refractivity contribution in [2.75, 3.05) is 61.1 Å². The van der Waals surface area contributed by atoms with Crippen LogP contribution in [0, 0.1) is 5.92 Å². The van der Waals surface area contributed by atoms with Gasteiger partial charge in [0, 0.05) is 53.0 Å². The lowest BCUT2D eigenvalue weighted by Crippen LogP contribution is -2.51. The number of ether oxygens (including phenoxy) is 2. The molecule has 1 aliphatic heterocycles. The van der Waals surface area contributed by atoms with Crippen LogP contribution in [-0.2, 0) is 9.47 Å². The number of hydrogen-bond acceptors (Lipinski definition) is 4. The lowest BCUT2D eigenvalue weighted by molar-refractivity contribution is 0.00983. The van der Waals surface area contributed by atoms with Crippen molar-refractivity contribution in [3.8, 4) is 0 Å². The molecular formula is C21H42N4O2. The Balaban J connectivity index is 1.74. The normalized spacial score (nSPS) is 21.7. The van der Waals surface area contributed by atoms with Gasteiger partial charge in [-0.1, -0.05) is 19.3 Å². The maximum atomic E-state index is 5.98. The SMILES string of the molecule is CN=C(NCC(C1CCCCC1)N(C)C)N1CCC(OCCCOC)CC1. The van der Waals surface area contributed by atoms with Crippen LogP contribution in [0.4, 0.5) is 0 Å². The zero-order chi connectivity index (χ0) is 19.5. The van der Waals surface area contributed by atoms with Crippen LogP contribution < -0.4 is 5.32 Å². The summed E-state index contributed by atoms with van der Waals surface area (Å²) in [6.45, 7) is 4.61. The molecule has 2 rings (SSSR count). The van der Waals surface area contributed by atoms with E-state index in [-0.39, 0.29) is 0 Å². The van der Waals surface area contributed by atoms with Gasteiger partial charge in [-0.25, -0.2) is 0 Å². The molecule has 158 valence electrons. The topological polar surface area (TPSA) is 49.3 Å². The van der Waals surface area contributed by atoms with Gasteiger partial charge >= 0.3 is 0 Å². The van der Waals surface area contributed by atoms with Crippen molar-refractivity contribution in [2.24, 2.45) is 10.9 Å². The number of piperidine rings is 1. The van der Waals surface area contributed by atoms with E-state index in [1.165, 1.54) is 32.1 Å². The van der Waals surface area contributed by atoms with Crippen LogP contribution in [0.3, 0.4) is 0 Å². The van der Waals surface area contributed by atoms with Crippen LogP contribution in [0.15, 0.2) is 4.99 Å². The second-order valence-electron chi connectivity index (χ2n) is 8.26. The van der Waals surface area contributed by atoms with Crippen molar-refractivity contribution in [3.05, 3.63) is 0 Å². The van der Waals surface area contributed by atoms with Crippen LogP contribution in [-0.4, -0.2) is 89.0 Å². The van der Waals surface area contributed by atoms with Crippen molar-refractivity contribution in [3.63, 3.8) is 0 Å². The third-order valence-corrected chi connectivity index (χ3v) is 6.13. The number of aliphatic imine (C=N–C) groups is 1. The molecule has 0 spiro atoms. The van der Waals surface area contributed by atoms with Gasteiger partial charge in [0.2, 0.25) is 0 Å². The number of hydrogen-bond donors (Lipinski definition) is 1. The first-order chi connectivity index (χ1) is 13.2. The largest absolute Gasteiger partial charge is 0.385 e. The van der Waals surface area contributed by atoms with E-state index in [0.29, 0.717) is 12.1 Å². The van der Waals surface area contributed by atoms with Crippen LogP contribution >= 0.6 is 0 Å². The summed E-state index contributed by atoms with van der Waals surface area (Å²) < 4.78 is 11.1. The maximum absolute atomic E-state index is 5.98. The second-order valence-corrected chi connectivity index (χ2v) is 8.26. The fourth-order valence-electron chi connectivity index (χ4n) is 4.51. The molecule has 0 amide bonds. The molecule has 1 heterocycles. The Morgan fingerprint density at radius 3 is 2.41 bits per heavy atom. The Bertz CT molecular complexity index is 416. The van der Waals surface area contributed by atoms with Crippen molar-refractivity contribution in [2.45, 2.75) is 63.5 Å². The Morgan fingerprint density at radius 1 is 1.11 bits per heavy atom. The summed E-state index contributed by atoms with van der Waals surface area (Å²) in [7, 11) is 8.08. The molecule has 2 fully saturated rings. The van der Waals surface area contributed by atoms with Crippen LogP contribution in [0.25, 0.3) is 0 Å². The minimum atomic E-state index is 0.382. The van der Waals surface area contributed by atoms with Gasteiger partial charge in [-0.2, -0.15) is 0 Å². The quantitative estimate of drug-likeness (QED) is 0.377. The third-order valence-electron chi connectivity index (χ3n) is 6.13. The van der Waals surface area contributed by atoms with Crippen LogP contribution in [0.2, 0.25) is 0 Å². The van der Waals surface area contributed by atoms with Gasteiger partial charge in [0.05, 0.1) is 6.10 Å². The van der Waals surface area contributed by atoms with E-state index in [1.807, 2.05) is 7.05 Å². The molecule has 0 aromatic heterocycles. The molecule has 0 aromatic rings. The molecule has 1 atom stereocenters. The molecule has 0 aromatic carbocycles. The predicted octanol–water partition coefficient (Wildman–Crippen LogP) is 2.59. The highest BCUT2D eigenvalue weighted by Crippen LogP contribution is 2.28. The average molecular weight is 383 g/mol. The smallest absolute Gasteiger partial charge is 0.193 e. The molecule has 1 saturated carbocycles. The van der Waals surface area contributed by atoms with Crippen molar-refractivity contribution in [1.82, 2.24) is 15.1 Å². The van der Waals surface area contributed by atoms with Gasteiger partial charge in [0.25, 0.3) is 0 Å². The first-order valence-corrected chi connectivity index (χ1v) is 10.9. The van der Waals surface area contributed by atoms with Crippen LogP contribution in [0.1, 0.15) is 51.4 Å². The van der Waals surface area contributed by atoms with E-state index in [1.54, 1.807) is 7.11 Å². The number of rotatable bonds is 9. The van der Waals surface area contributed by atoms with Crippen LogP contribution in [0.5, 0.6) is 0 Å². The van der Waals surface area contributed by atoms with E-state index in [0.717, 1.165) is 64.0 Å². The highest BCUT2D eigenvalue weighted by atomic mass is 16.5. The standard InChI is InChI=1S/C21H42N4O2/c1-22-21(23-17-20(24(2)3)18-9-6-5-7-10-18)25-13-11-19(12-14-25)27-16-8-15-26-4/h18-20H,5-17H2,1-4H3,(H,22,23). The fraction of sp³-hybridized carbons (Fsp3) is 0.952. The molecular weight excluding hydrogens is 340 g/mol. The molecule has 1 N–H and O–H groups in total. The van der Waals surface area contributed by atoms with Gasteiger partial charge in [-0.05, 0) is 52.1 Å². The van der Waals surface area contributed by atoms with Gasteiger partial charge in [-0.15, -0.1) is 0 Å². The molecule has 1 aliphatic carbocycles. The summed E-state index contributed by atoms with van der Waals surface area (Å²) in [5.41, 5.74) is 0. The van der Waals surface area contributed by atoms with E-state index >= 15 is 0 Å². The average Bonchev–Trinajstić information content (AvgIpc) is 2.70. The number of nitrogens with zero attached hydrogens (tertiary/aromatic N) is 3. The number of likely N-dealkylation sites (tertiary alicyclic amines) is 1. The Labute approximate surface area is 166 Å². The van der Waals surface area contributed by atoms with Gasteiger partial charge in [0.1, 0.15) is 0 Å². The maximum Gasteiger partial charge on any atom is 0.193 e. The molecule has 27 heavy (non-hydrogen) atoms. The zero-order valence-electron chi connectivity index (χ0n) is 18.1. The van der Waals surface area contributed by atoms with E-state index in [2.05, 4.69) is 34.2 Å². The number of guanidine groups is 1. The lowest BCUT2D eigenvalue weighted by atomic mass is 9.83. The summed E-state index contributed by atoms with van der Waals surface area (Å²) in [4.78, 5) is 9.35. The second kappa shape index (κ2) is 12.6. The minimum Gasteiger partial charge on any atom is -0.385 e. The summed E-state index contributed by atoms with van der Waals surface area (Å²) in [5.74, 6) is 1.86. The highest BCUT2D eigenvalue weighted by Gasteiger charge is 2.27. The first-order valence-electron chi connectivity index (χ1n) is 10.9. The number of nitrogens with one attached hydrogen (secondary N) is 1. The molecule has 1 saturated heterocycles. The minimum absolute atomic E-state index is 0.382. The summed E-state index contributed by atoms with van der Waals surface area (Å²) in [5, 5.41) is 3.67. The molecule has 0 bridgehead atoms. The predicted molar refractivity (Wildman–Crippen MR) is 112 cm³/mol. The van der Waals surface area contributed by atoms with E-state index < -0.39 is 0 Å². The monoisotopic (exact) mass is 382 g/mol. The first kappa shape index (κ1) is 22.4. The molecule has 1 unspecified atom stereocenters. The van der Waals surface area contributed by atoms with E-state index in [4.69, 9.17) is 9.47 Å². The Hall–Kier alpha value is -0.850. The zero-order valence-corrected chi connectivity index (χ0v) is 18.1. The van der Waals surface area contributed by atoms with Gasteiger partial charge in [0.15, 0.2) is 5.96 Å². The Morgan fingerprint density at radius 2 is 1.81 bits per heavy atom. The summed E-state index contributed by atoms with van der Waals surface area (Å²) in [6.07, 6.45) is 10.4. The molecule has 0 radical (unpaired) electrons. The number of likely N-dealkylation sites (N-methyl/N-ethyl adjacent to an activating group) is 1. The highest BCUT2D eigenvalue weighted by molar-refractivity contribution is 5.80. The molecule has 2 aliphatic rings. The Kier molecular flexibility index (Phi) is 10.5. The van der Waals surface area contributed by atoms with E-state index in [9.17, 15) is 0 Å². The fourth-order valence-corrected chi connectivity index (χ4v) is 4.51. The summed E-state index contributed by atoms with van der Waals surface area (Å²) in [6, 6.07) is 0.587. The van der Waals surface area contributed by atoms with Crippen molar-refractivity contribution in [1.29, 1.82) is 0 Å². The van der Waals surface area contributed by atoms with Gasteiger partial charge in [-0.3, -0.25) is 4.99 Å². The third kappa shape index (κ3) is 7.59. The number of methoxy groups -OCH3 is 1. The van der Waals surface area contributed by atoms with Gasteiger partial charge < -0.3 is 24.6 Å². The molecule has 6 nitrogen and oxygen atoms in total. The van der Waals surface area contributed by atoms with Crippen molar-refractivity contribution < 1.29 is 9.47 Å². The lowest BCUT2D eigenvalue weighted by Gasteiger charge is -2.37.